The van der Waals surface area contributed by atoms with E-state index in [0.29, 0.717) is 65.2 Å². The normalized spacial score (nSPS) is 18.3. The third-order valence-corrected chi connectivity index (χ3v) is 11.1. The van der Waals surface area contributed by atoms with Gasteiger partial charge in [0.2, 0.25) is 0 Å². The Balaban J connectivity index is 0.972. The van der Waals surface area contributed by atoms with Crippen molar-refractivity contribution in [2.24, 2.45) is 0 Å². The molecule has 1 N–H and O–H groups in total. The number of pyridine rings is 1. The first-order valence-corrected chi connectivity index (χ1v) is 18.7. The predicted octanol–water partition coefficient (Wildman–Crippen LogP) is 6.58. The molecule has 1 aliphatic carbocycles. The molecule has 13 heteroatoms. The van der Waals surface area contributed by atoms with Gasteiger partial charge in [-0.3, -0.25) is 9.88 Å². The lowest BCUT2D eigenvalue weighted by atomic mass is 9.96. The van der Waals surface area contributed by atoms with Crippen molar-refractivity contribution in [2.45, 2.75) is 55.1 Å². The van der Waals surface area contributed by atoms with Gasteiger partial charge in [-0.05, 0) is 61.9 Å². The second kappa shape index (κ2) is 14.0. The molecule has 10 nitrogen and oxygen atoms in total. The molecule has 0 spiro atoms. The predicted molar refractivity (Wildman–Crippen MR) is 202 cm³/mol. The molecule has 3 aromatic heterocycles. The maximum Gasteiger partial charge on any atom is 0.319 e. The van der Waals surface area contributed by atoms with Crippen LogP contribution in [0.2, 0.25) is 0 Å². The summed E-state index contributed by atoms with van der Waals surface area (Å²) in [5.74, 6) is 3.30. The summed E-state index contributed by atoms with van der Waals surface area (Å²) < 4.78 is 39.7. The second-order valence-electron chi connectivity index (χ2n) is 14.1. The van der Waals surface area contributed by atoms with Crippen LogP contribution in [0.3, 0.4) is 0 Å². The molecule has 2 unspecified atom stereocenters. The van der Waals surface area contributed by atoms with Gasteiger partial charge in [-0.2, -0.15) is 14.1 Å². The maximum absolute atomic E-state index is 16.8. The van der Waals surface area contributed by atoms with Gasteiger partial charge < -0.3 is 15.0 Å². The molecule has 2 aliphatic heterocycles. The molecule has 3 aliphatic rings. The monoisotopic (exact) mass is 729 g/mol. The van der Waals surface area contributed by atoms with E-state index in [1.807, 2.05) is 23.3 Å². The van der Waals surface area contributed by atoms with E-state index in [-0.39, 0.29) is 22.8 Å². The summed E-state index contributed by atoms with van der Waals surface area (Å²) in [4.78, 5) is 23.9. The lowest BCUT2D eigenvalue weighted by molar-refractivity contribution is 0.221. The zero-order valence-corrected chi connectivity index (χ0v) is 30.0. The Kier molecular flexibility index (Phi) is 8.89. The topological polar surface area (TPSA) is 97.1 Å². The van der Waals surface area contributed by atoms with Gasteiger partial charge in [0.25, 0.3) is 0 Å². The molecule has 2 bridgehead atoms. The van der Waals surface area contributed by atoms with Gasteiger partial charge in [-0.25, -0.2) is 13.8 Å². The lowest BCUT2D eigenvalue weighted by Gasteiger charge is -2.34. The third kappa shape index (κ3) is 6.78. The van der Waals surface area contributed by atoms with Gasteiger partial charge in [0.15, 0.2) is 11.6 Å². The first-order valence-electron chi connectivity index (χ1n) is 18.0. The number of nitrogens with zero attached hydrogens (tertiary/aromatic N) is 8. The van der Waals surface area contributed by atoms with Gasteiger partial charge in [-0.15, -0.1) is 11.5 Å². The van der Waals surface area contributed by atoms with Crippen LogP contribution in [0.1, 0.15) is 48.6 Å². The molecule has 0 radical (unpaired) electrons. The molecule has 0 amide bonds. The Morgan fingerprint density at radius 2 is 1.85 bits per heavy atom. The second-order valence-corrected chi connectivity index (χ2v) is 15.2. The van der Waals surface area contributed by atoms with E-state index in [9.17, 15) is 4.39 Å². The van der Waals surface area contributed by atoms with Crippen LogP contribution in [-0.4, -0.2) is 79.4 Å². The van der Waals surface area contributed by atoms with Crippen molar-refractivity contribution in [3.63, 3.8) is 0 Å². The smallest absolute Gasteiger partial charge is 0.319 e. The molecule has 268 valence electrons. The number of fused-ring (bicyclic) bond motifs is 4. The molecular weight excluding hydrogens is 693 g/mol. The fraction of sp³-hybridized carbons (Fsp3) is 0.325. The zero-order valence-electron chi connectivity index (χ0n) is 29.2. The summed E-state index contributed by atoms with van der Waals surface area (Å²) >= 11 is 1.55. The van der Waals surface area contributed by atoms with Crippen LogP contribution in [0.15, 0.2) is 72.0 Å². The minimum atomic E-state index is -0.640. The number of benzene rings is 3. The fourth-order valence-electron chi connectivity index (χ4n) is 7.50. The average molecular weight is 730 g/mol. The van der Waals surface area contributed by atoms with Crippen LogP contribution in [0, 0.1) is 24.0 Å². The summed E-state index contributed by atoms with van der Waals surface area (Å²) in [6.45, 7) is 3.04. The molecule has 53 heavy (non-hydrogen) atoms. The number of halogens is 2. The van der Waals surface area contributed by atoms with E-state index in [1.54, 1.807) is 42.7 Å². The van der Waals surface area contributed by atoms with Crippen LogP contribution in [0.4, 0.5) is 14.6 Å². The number of likely N-dealkylation sites (N-methyl/N-ethyl adjacent to an activating group) is 1. The largest absolute Gasteiger partial charge is 0.462 e. The Morgan fingerprint density at radius 3 is 2.66 bits per heavy atom. The quantitative estimate of drug-likeness (QED) is 0.147. The molecule has 2 saturated heterocycles. The van der Waals surface area contributed by atoms with E-state index in [2.05, 4.69) is 59.3 Å². The van der Waals surface area contributed by atoms with E-state index >= 15 is 4.39 Å². The van der Waals surface area contributed by atoms with E-state index in [0.717, 1.165) is 42.2 Å². The minimum Gasteiger partial charge on any atom is -0.462 e. The van der Waals surface area contributed by atoms with Crippen molar-refractivity contribution < 1.29 is 13.5 Å². The molecule has 2 atom stereocenters. The molecule has 3 fully saturated rings. The zero-order chi connectivity index (χ0) is 36.1. The highest BCUT2D eigenvalue weighted by molar-refractivity contribution is 7.97. The number of nitrogens with one attached hydrogen (secondary N) is 1. The molecule has 1 saturated carbocycles. The van der Waals surface area contributed by atoms with Crippen molar-refractivity contribution in [1.29, 1.82) is 0 Å². The third-order valence-electron chi connectivity index (χ3n) is 10.2. The Hall–Kier alpha value is -5.16. The first-order chi connectivity index (χ1) is 25.9. The number of anilines is 1. The molecule has 6 aromatic rings. The van der Waals surface area contributed by atoms with E-state index < -0.39 is 11.6 Å². The minimum absolute atomic E-state index is 0.0356. The van der Waals surface area contributed by atoms with E-state index in [1.165, 1.54) is 18.9 Å². The summed E-state index contributed by atoms with van der Waals surface area (Å²) in [5.41, 5.74) is 1.74. The highest BCUT2D eigenvalue weighted by Gasteiger charge is 2.34. The summed E-state index contributed by atoms with van der Waals surface area (Å²) in [6.07, 6.45) is 13.6. The number of rotatable bonds is 11. The van der Waals surface area contributed by atoms with Crippen molar-refractivity contribution in [3.05, 3.63) is 95.7 Å². The van der Waals surface area contributed by atoms with Gasteiger partial charge >= 0.3 is 6.01 Å². The summed E-state index contributed by atoms with van der Waals surface area (Å²) in [6, 6.07) is 17.4. The van der Waals surface area contributed by atoms with Gasteiger partial charge in [0.1, 0.15) is 35.8 Å². The summed E-state index contributed by atoms with van der Waals surface area (Å²) in [7, 11) is 2.03. The molecular formula is C40H37F2N9OS. The van der Waals surface area contributed by atoms with Crippen molar-refractivity contribution in [1.82, 2.24) is 39.3 Å². The van der Waals surface area contributed by atoms with Crippen LogP contribution in [-0.2, 0) is 6.54 Å². The highest BCUT2D eigenvalue weighted by atomic mass is 32.2. The fourth-order valence-corrected chi connectivity index (χ4v) is 8.28. The number of ether oxygens (including phenoxy) is 1. The SMILES string of the molecule is C#Cc1c(F)ccc2cccc(-c3ncc4c(N5CC6CCC(C5)N6)nc(OCCN(C)Cc5cccc(Sn6cnc(C7CC7)n6)c5)nc4c3F)c12. The van der Waals surface area contributed by atoms with Gasteiger partial charge in [0, 0.05) is 78.2 Å². The number of aromatic nitrogens is 6. The summed E-state index contributed by atoms with van der Waals surface area (Å²) in [5, 5.41) is 9.88. The van der Waals surface area contributed by atoms with Crippen molar-refractivity contribution in [3.8, 4) is 29.6 Å². The van der Waals surface area contributed by atoms with Gasteiger partial charge in [0.05, 0.1) is 10.9 Å². The standard InChI is InChI=1S/C40H37F2N9OS/c1-3-30-33(41)15-12-25-7-5-9-31(34(25)30)36-35(42)37-32(19-43-36)39(50-21-27-13-14-28(22-50)45-27)47-40(46-37)52-17-16-49(2)20-24-6-4-8-29(18-24)53-51-23-44-38(48-51)26-10-11-26/h1,4-9,12,15,18-19,23,26-28,45H,10-11,13-14,16-17,20-22H2,2H3. The Bertz CT molecular complexity index is 2380. The molecule has 5 heterocycles. The number of piperazine rings is 1. The van der Waals surface area contributed by atoms with Crippen LogP contribution in [0.25, 0.3) is 32.9 Å². The number of hydrogen-bond donors (Lipinski definition) is 1. The Labute approximate surface area is 310 Å². The lowest BCUT2D eigenvalue weighted by Crippen LogP contribution is -2.51. The van der Waals surface area contributed by atoms with Crippen molar-refractivity contribution in [2.75, 3.05) is 38.2 Å². The number of hydrogen-bond acceptors (Lipinski definition) is 10. The first kappa shape index (κ1) is 33.7. The van der Waals surface area contributed by atoms with Crippen LogP contribution >= 0.6 is 11.9 Å². The molecule has 3 aromatic carbocycles. The van der Waals surface area contributed by atoms with Crippen LogP contribution in [0.5, 0.6) is 6.01 Å². The van der Waals surface area contributed by atoms with Gasteiger partial charge in [-0.1, -0.05) is 42.3 Å². The Morgan fingerprint density at radius 1 is 1.02 bits per heavy atom. The average Bonchev–Trinajstić information content (AvgIpc) is 3.82. The van der Waals surface area contributed by atoms with E-state index in [4.69, 9.17) is 16.1 Å². The number of terminal acetylenes is 1. The molecule has 9 rings (SSSR count). The highest BCUT2D eigenvalue weighted by Crippen LogP contribution is 2.39. The van der Waals surface area contributed by atoms with Crippen LogP contribution < -0.4 is 15.0 Å². The van der Waals surface area contributed by atoms with Crippen molar-refractivity contribution >= 4 is 39.4 Å². The maximum atomic E-state index is 16.8.